The van der Waals surface area contributed by atoms with E-state index in [1.54, 1.807) is 0 Å². The summed E-state index contributed by atoms with van der Waals surface area (Å²) in [4.78, 5) is 0. The first-order chi connectivity index (χ1) is 6.38. The molecule has 0 unspecified atom stereocenters. The molecular weight excluding hydrogens is 196 g/mol. The van der Waals surface area contributed by atoms with E-state index in [2.05, 4.69) is 13.0 Å². The Labute approximate surface area is 86.6 Å². The van der Waals surface area contributed by atoms with Gasteiger partial charge in [0.2, 0.25) is 0 Å². The molecule has 1 aliphatic carbocycles. The van der Waals surface area contributed by atoms with E-state index < -0.39 is 9.84 Å². The van der Waals surface area contributed by atoms with Crippen molar-refractivity contribution in [2.75, 3.05) is 6.26 Å². The van der Waals surface area contributed by atoms with Crippen LogP contribution in [0.15, 0.2) is 22.6 Å². The van der Waals surface area contributed by atoms with Crippen LogP contribution in [0.5, 0.6) is 0 Å². The van der Waals surface area contributed by atoms with Gasteiger partial charge in [0.05, 0.1) is 0 Å². The van der Waals surface area contributed by atoms with E-state index in [4.69, 9.17) is 0 Å². The normalized spacial score (nSPS) is 24.6. The van der Waals surface area contributed by atoms with E-state index in [1.165, 1.54) is 17.2 Å². The van der Waals surface area contributed by atoms with Gasteiger partial charge < -0.3 is 0 Å². The summed E-state index contributed by atoms with van der Waals surface area (Å²) in [6, 6.07) is 0. The maximum atomic E-state index is 11.1. The van der Waals surface area contributed by atoms with E-state index in [0.717, 1.165) is 24.8 Å². The van der Waals surface area contributed by atoms with Crippen LogP contribution in [0.3, 0.4) is 0 Å². The van der Waals surface area contributed by atoms with Gasteiger partial charge in [0.1, 0.15) is 0 Å². The van der Waals surface area contributed by atoms with E-state index >= 15 is 0 Å². The first-order valence-electron chi connectivity index (χ1n) is 4.92. The molecule has 0 aromatic heterocycles. The Kier molecular flexibility index (Phi) is 3.53. The van der Waals surface area contributed by atoms with E-state index in [0.29, 0.717) is 5.92 Å². The van der Waals surface area contributed by atoms with Crippen LogP contribution in [0, 0.1) is 5.92 Å². The minimum absolute atomic E-state index is 0.424. The standard InChI is InChI=1S/C11H18O2S/c1-9-4-6-11(7-5-9)10(2)8-14(3,12)13/h4,8,11H,5-7H2,1-3H3/b10-8+/t11-/m0/s1. The SMILES string of the molecule is CC1=CC[C@H](/C(C)=C/S(C)(=O)=O)CC1. The Morgan fingerprint density at radius 3 is 2.64 bits per heavy atom. The monoisotopic (exact) mass is 214 g/mol. The maximum absolute atomic E-state index is 11.1. The molecule has 0 aromatic carbocycles. The molecule has 0 saturated heterocycles. The highest BCUT2D eigenvalue weighted by Gasteiger charge is 2.15. The molecule has 0 heterocycles. The van der Waals surface area contributed by atoms with Crippen LogP contribution in [-0.2, 0) is 9.84 Å². The zero-order chi connectivity index (χ0) is 10.8. The quantitative estimate of drug-likeness (QED) is 0.662. The Morgan fingerprint density at radius 1 is 1.57 bits per heavy atom. The summed E-state index contributed by atoms with van der Waals surface area (Å²) in [6.45, 7) is 4.05. The van der Waals surface area contributed by atoms with Crippen LogP contribution in [0.2, 0.25) is 0 Å². The average Bonchev–Trinajstić information content (AvgIpc) is 2.02. The van der Waals surface area contributed by atoms with E-state index in [1.807, 2.05) is 6.92 Å². The fourth-order valence-electron chi connectivity index (χ4n) is 1.81. The van der Waals surface area contributed by atoms with Gasteiger partial charge in [-0.05, 0) is 39.0 Å². The Bertz CT molecular complexity index is 361. The molecule has 1 rings (SSSR count). The fourth-order valence-corrected chi connectivity index (χ4v) is 2.68. The lowest BCUT2D eigenvalue weighted by molar-refractivity contribution is 0.538. The molecule has 0 saturated carbocycles. The van der Waals surface area contributed by atoms with Crippen molar-refractivity contribution >= 4 is 9.84 Å². The molecule has 80 valence electrons. The third-order valence-electron chi connectivity index (χ3n) is 2.68. The number of allylic oxidation sites excluding steroid dienone is 3. The molecule has 3 heteroatoms. The molecule has 0 spiro atoms. The third kappa shape index (κ3) is 3.66. The molecule has 0 amide bonds. The summed E-state index contributed by atoms with van der Waals surface area (Å²) >= 11 is 0. The van der Waals surface area contributed by atoms with Gasteiger partial charge in [-0.1, -0.05) is 17.2 Å². The van der Waals surface area contributed by atoms with Crippen molar-refractivity contribution in [3.63, 3.8) is 0 Å². The van der Waals surface area contributed by atoms with Crippen LogP contribution in [-0.4, -0.2) is 14.7 Å². The highest BCUT2D eigenvalue weighted by atomic mass is 32.2. The van der Waals surface area contributed by atoms with Crippen molar-refractivity contribution in [2.24, 2.45) is 5.92 Å². The van der Waals surface area contributed by atoms with Gasteiger partial charge in [0.15, 0.2) is 9.84 Å². The van der Waals surface area contributed by atoms with E-state index in [9.17, 15) is 8.42 Å². The molecule has 0 radical (unpaired) electrons. The predicted octanol–water partition coefficient (Wildman–Crippen LogP) is 2.68. The van der Waals surface area contributed by atoms with Crippen LogP contribution >= 0.6 is 0 Å². The van der Waals surface area contributed by atoms with Gasteiger partial charge in [0, 0.05) is 11.7 Å². The lowest BCUT2D eigenvalue weighted by atomic mass is 9.86. The second kappa shape index (κ2) is 4.30. The van der Waals surface area contributed by atoms with Crippen molar-refractivity contribution in [1.82, 2.24) is 0 Å². The zero-order valence-electron chi connectivity index (χ0n) is 9.08. The van der Waals surface area contributed by atoms with Crippen LogP contribution in [0.4, 0.5) is 0 Å². The Balaban J connectivity index is 2.73. The lowest BCUT2D eigenvalue weighted by Crippen LogP contribution is -2.07. The van der Waals surface area contributed by atoms with Crippen molar-refractivity contribution in [3.05, 3.63) is 22.6 Å². The summed E-state index contributed by atoms with van der Waals surface area (Å²) in [7, 11) is -2.97. The van der Waals surface area contributed by atoms with Gasteiger partial charge in [-0.3, -0.25) is 0 Å². The molecule has 1 aliphatic rings. The molecule has 0 bridgehead atoms. The van der Waals surface area contributed by atoms with Gasteiger partial charge in [0.25, 0.3) is 0 Å². The van der Waals surface area contributed by atoms with Crippen molar-refractivity contribution in [2.45, 2.75) is 33.1 Å². The minimum Gasteiger partial charge on any atom is -0.225 e. The summed E-state index contributed by atoms with van der Waals surface area (Å²) in [5.41, 5.74) is 2.42. The van der Waals surface area contributed by atoms with Crippen molar-refractivity contribution in [3.8, 4) is 0 Å². The lowest BCUT2D eigenvalue weighted by Gasteiger charge is -2.20. The van der Waals surface area contributed by atoms with Gasteiger partial charge in [-0.25, -0.2) is 8.42 Å². The topological polar surface area (TPSA) is 34.1 Å². The van der Waals surface area contributed by atoms with Gasteiger partial charge in [-0.15, -0.1) is 0 Å². The highest BCUT2D eigenvalue weighted by Crippen LogP contribution is 2.28. The Hall–Kier alpha value is -0.570. The molecule has 14 heavy (non-hydrogen) atoms. The number of sulfone groups is 1. The second-order valence-electron chi connectivity index (χ2n) is 4.21. The Morgan fingerprint density at radius 2 is 2.21 bits per heavy atom. The first kappa shape index (κ1) is 11.5. The van der Waals surface area contributed by atoms with Gasteiger partial charge in [-0.2, -0.15) is 0 Å². The second-order valence-corrected chi connectivity index (χ2v) is 6.11. The van der Waals surface area contributed by atoms with Crippen LogP contribution in [0.1, 0.15) is 33.1 Å². The average molecular weight is 214 g/mol. The number of hydrogen-bond donors (Lipinski definition) is 0. The highest BCUT2D eigenvalue weighted by molar-refractivity contribution is 7.93. The smallest absolute Gasteiger partial charge is 0.168 e. The molecule has 2 nitrogen and oxygen atoms in total. The molecule has 0 aliphatic heterocycles. The van der Waals surface area contributed by atoms with Crippen LogP contribution in [0.25, 0.3) is 0 Å². The number of rotatable bonds is 2. The zero-order valence-corrected chi connectivity index (χ0v) is 9.89. The molecule has 0 fully saturated rings. The molecular formula is C11H18O2S. The van der Waals surface area contributed by atoms with Crippen molar-refractivity contribution in [1.29, 1.82) is 0 Å². The first-order valence-corrected chi connectivity index (χ1v) is 6.88. The summed E-state index contributed by atoms with van der Waals surface area (Å²) in [6.07, 6.45) is 6.64. The van der Waals surface area contributed by atoms with E-state index in [-0.39, 0.29) is 0 Å². The summed E-state index contributed by atoms with van der Waals surface area (Å²) in [5, 5.41) is 1.41. The fraction of sp³-hybridized carbons (Fsp3) is 0.636. The summed E-state index contributed by atoms with van der Waals surface area (Å²) in [5.74, 6) is 0.424. The van der Waals surface area contributed by atoms with Gasteiger partial charge >= 0.3 is 0 Å². The molecule has 0 N–H and O–H groups in total. The molecule has 1 atom stereocenters. The van der Waals surface area contributed by atoms with Crippen LogP contribution < -0.4 is 0 Å². The third-order valence-corrected chi connectivity index (χ3v) is 3.48. The largest absolute Gasteiger partial charge is 0.225 e. The summed E-state index contributed by atoms with van der Waals surface area (Å²) < 4.78 is 22.1. The number of hydrogen-bond acceptors (Lipinski definition) is 2. The maximum Gasteiger partial charge on any atom is 0.168 e. The minimum atomic E-state index is -2.97. The predicted molar refractivity (Wildman–Crippen MR) is 59.7 cm³/mol. The molecule has 0 aromatic rings. The van der Waals surface area contributed by atoms with Crippen molar-refractivity contribution < 1.29 is 8.42 Å².